The SMILES string of the molecule is CCOC(=O)c1cn2c(n1)CN(C(=O)C1=CN(c3ncnc4[nH]cc(C)c34)CCS1)CC2. The van der Waals surface area contributed by atoms with Crippen LogP contribution in [0.4, 0.5) is 5.82 Å². The molecule has 2 aliphatic rings. The number of esters is 1. The third kappa shape index (κ3) is 3.62. The molecule has 10 nitrogen and oxygen atoms in total. The maximum atomic E-state index is 13.3. The third-order valence-corrected chi connectivity index (χ3v) is 6.54. The van der Waals surface area contributed by atoms with Gasteiger partial charge in [0.25, 0.3) is 5.91 Å². The molecule has 0 saturated heterocycles. The van der Waals surface area contributed by atoms with Gasteiger partial charge in [-0.2, -0.15) is 0 Å². The molecule has 0 aliphatic carbocycles. The number of aromatic nitrogens is 5. The Hall–Kier alpha value is -3.34. The van der Waals surface area contributed by atoms with Crippen molar-refractivity contribution in [2.24, 2.45) is 0 Å². The number of ether oxygens (including phenoxy) is 1. The van der Waals surface area contributed by atoms with Crippen molar-refractivity contribution in [1.82, 2.24) is 29.4 Å². The maximum Gasteiger partial charge on any atom is 0.358 e. The average molecular weight is 454 g/mol. The van der Waals surface area contributed by atoms with E-state index in [2.05, 4.69) is 19.9 Å². The molecule has 1 amide bonds. The Kier molecular flexibility index (Phi) is 5.33. The number of anilines is 1. The van der Waals surface area contributed by atoms with E-state index >= 15 is 0 Å². The molecule has 3 aromatic heterocycles. The first kappa shape index (κ1) is 20.6. The molecule has 5 rings (SSSR count). The summed E-state index contributed by atoms with van der Waals surface area (Å²) in [5, 5.41) is 0.967. The van der Waals surface area contributed by atoms with Gasteiger partial charge in [-0.15, -0.1) is 11.8 Å². The number of amides is 1. The highest BCUT2D eigenvalue weighted by Gasteiger charge is 2.29. The van der Waals surface area contributed by atoms with Gasteiger partial charge in [-0.25, -0.2) is 19.7 Å². The van der Waals surface area contributed by atoms with Gasteiger partial charge in [0.15, 0.2) is 5.69 Å². The van der Waals surface area contributed by atoms with E-state index in [0.29, 0.717) is 37.0 Å². The van der Waals surface area contributed by atoms with Crippen molar-refractivity contribution in [2.45, 2.75) is 26.9 Å². The smallest absolute Gasteiger partial charge is 0.358 e. The molecule has 1 N–H and O–H groups in total. The molecule has 32 heavy (non-hydrogen) atoms. The van der Waals surface area contributed by atoms with Gasteiger partial charge in [-0.3, -0.25) is 4.79 Å². The highest BCUT2D eigenvalue weighted by Crippen LogP contribution is 2.32. The van der Waals surface area contributed by atoms with Gasteiger partial charge in [-0.05, 0) is 19.4 Å². The summed E-state index contributed by atoms with van der Waals surface area (Å²) in [5.74, 6) is 1.79. The Labute approximate surface area is 188 Å². The molecule has 0 spiro atoms. The van der Waals surface area contributed by atoms with Gasteiger partial charge in [0, 0.05) is 44.0 Å². The number of aromatic amines is 1. The minimum atomic E-state index is -0.440. The molecule has 166 valence electrons. The van der Waals surface area contributed by atoms with Crippen molar-refractivity contribution in [3.63, 3.8) is 0 Å². The van der Waals surface area contributed by atoms with Crippen LogP contribution >= 0.6 is 11.8 Å². The first-order valence-electron chi connectivity index (χ1n) is 10.5. The number of H-pyrrole nitrogens is 1. The maximum absolute atomic E-state index is 13.3. The summed E-state index contributed by atoms with van der Waals surface area (Å²) in [5.41, 5.74) is 2.13. The molecule has 11 heteroatoms. The lowest BCUT2D eigenvalue weighted by Gasteiger charge is -2.31. The van der Waals surface area contributed by atoms with Crippen LogP contribution in [0.3, 0.4) is 0 Å². The van der Waals surface area contributed by atoms with Crippen LogP contribution < -0.4 is 4.90 Å². The van der Waals surface area contributed by atoms with Crippen LogP contribution in [-0.2, 0) is 22.6 Å². The Morgan fingerprint density at radius 3 is 2.97 bits per heavy atom. The van der Waals surface area contributed by atoms with Gasteiger partial charge in [-0.1, -0.05) is 0 Å². The Bertz CT molecular complexity index is 1230. The Morgan fingerprint density at radius 1 is 1.25 bits per heavy atom. The number of hydrogen-bond donors (Lipinski definition) is 1. The molecule has 0 radical (unpaired) electrons. The summed E-state index contributed by atoms with van der Waals surface area (Å²) in [4.78, 5) is 46.1. The standard InChI is InChI=1S/C21H23N7O3S/c1-3-31-21(30)14-9-26-4-5-28(11-16(26)25-14)20(29)15-10-27(6-7-32-15)19-17-13(2)8-22-18(17)23-12-24-19/h8-10,12H,3-7,11H2,1-2H3,(H,22,23,24). The van der Waals surface area contributed by atoms with Gasteiger partial charge < -0.3 is 24.1 Å². The minimum Gasteiger partial charge on any atom is -0.461 e. The number of fused-ring (bicyclic) bond motifs is 2. The monoisotopic (exact) mass is 453 g/mol. The van der Waals surface area contributed by atoms with E-state index in [1.165, 1.54) is 6.33 Å². The molecule has 0 aromatic carbocycles. The second-order valence-corrected chi connectivity index (χ2v) is 8.75. The highest BCUT2D eigenvalue weighted by molar-refractivity contribution is 8.04. The zero-order chi connectivity index (χ0) is 22.2. The fraction of sp³-hybridized carbons (Fsp3) is 0.381. The summed E-state index contributed by atoms with van der Waals surface area (Å²) < 4.78 is 6.95. The second kappa shape index (κ2) is 8.30. The molecule has 0 atom stereocenters. The van der Waals surface area contributed by atoms with Crippen molar-refractivity contribution < 1.29 is 14.3 Å². The number of nitrogens with zero attached hydrogens (tertiary/aromatic N) is 6. The average Bonchev–Trinajstić information content (AvgIpc) is 3.42. The molecule has 0 fully saturated rings. The number of nitrogens with one attached hydrogen (secondary N) is 1. The summed E-state index contributed by atoms with van der Waals surface area (Å²) >= 11 is 1.55. The number of rotatable bonds is 4. The van der Waals surface area contributed by atoms with Gasteiger partial charge >= 0.3 is 5.97 Å². The predicted octanol–water partition coefficient (Wildman–Crippen LogP) is 2.08. The minimum absolute atomic E-state index is 0.0391. The fourth-order valence-electron chi connectivity index (χ4n) is 3.98. The van der Waals surface area contributed by atoms with Crippen LogP contribution in [0.2, 0.25) is 0 Å². The first-order valence-corrected chi connectivity index (χ1v) is 11.5. The van der Waals surface area contributed by atoms with Gasteiger partial charge in [0.2, 0.25) is 0 Å². The summed E-state index contributed by atoms with van der Waals surface area (Å²) in [6, 6.07) is 0. The van der Waals surface area contributed by atoms with Gasteiger partial charge in [0.05, 0.1) is 23.4 Å². The lowest BCUT2D eigenvalue weighted by atomic mass is 10.2. The zero-order valence-corrected chi connectivity index (χ0v) is 18.7. The third-order valence-electron chi connectivity index (χ3n) is 5.57. The van der Waals surface area contributed by atoms with E-state index < -0.39 is 5.97 Å². The van der Waals surface area contributed by atoms with E-state index in [-0.39, 0.29) is 11.6 Å². The van der Waals surface area contributed by atoms with E-state index in [0.717, 1.165) is 34.7 Å². The molecule has 2 aliphatic heterocycles. The number of carbonyl (C=O) groups excluding carboxylic acids is 2. The molecule has 0 saturated carbocycles. The van der Waals surface area contributed by atoms with Crippen molar-refractivity contribution in [1.29, 1.82) is 0 Å². The van der Waals surface area contributed by atoms with Crippen LogP contribution in [0, 0.1) is 6.92 Å². The van der Waals surface area contributed by atoms with Crippen LogP contribution in [0.15, 0.2) is 29.8 Å². The normalized spacial score (nSPS) is 16.1. The van der Waals surface area contributed by atoms with Crippen molar-refractivity contribution in [3.05, 3.63) is 46.9 Å². The molecule has 3 aromatic rings. The molecule has 5 heterocycles. The van der Waals surface area contributed by atoms with Gasteiger partial charge in [0.1, 0.15) is 23.6 Å². The number of thioether (sulfide) groups is 1. The van der Waals surface area contributed by atoms with E-state index in [9.17, 15) is 9.59 Å². The number of aryl methyl sites for hydroxylation is 1. The van der Waals surface area contributed by atoms with Crippen LogP contribution in [0.1, 0.15) is 28.8 Å². The van der Waals surface area contributed by atoms with Crippen molar-refractivity contribution in [3.8, 4) is 0 Å². The van der Waals surface area contributed by atoms with Crippen LogP contribution in [0.5, 0.6) is 0 Å². The lowest BCUT2D eigenvalue weighted by molar-refractivity contribution is -0.127. The topological polar surface area (TPSA) is 109 Å². The molecular formula is C21H23N7O3S. The van der Waals surface area contributed by atoms with Crippen molar-refractivity contribution in [2.75, 3.05) is 30.3 Å². The lowest BCUT2D eigenvalue weighted by Crippen LogP contribution is -2.40. The van der Waals surface area contributed by atoms with E-state index in [1.54, 1.807) is 29.8 Å². The Morgan fingerprint density at radius 2 is 2.12 bits per heavy atom. The summed E-state index contributed by atoms with van der Waals surface area (Å²) in [6.45, 7) is 6.32. The Balaban J connectivity index is 1.37. The molecule has 0 unspecified atom stereocenters. The second-order valence-electron chi connectivity index (χ2n) is 7.61. The van der Waals surface area contributed by atoms with Crippen LogP contribution in [-0.4, -0.2) is 66.7 Å². The number of hydrogen-bond acceptors (Lipinski definition) is 8. The summed E-state index contributed by atoms with van der Waals surface area (Å²) in [7, 11) is 0. The highest BCUT2D eigenvalue weighted by atomic mass is 32.2. The number of carbonyl (C=O) groups is 2. The van der Waals surface area contributed by atoms with E-state index in [4.69, 9.17) is 4.74 Å². The largest absolute Gasteiger partial charge is 0.461 e. The quantitative estimate of drug-likeness (QED) is 0.598. The van der Waals surface area contributed by atoms with Crippen LogP contribution in [0.25, 0.3) is 11.0 Å². The predicted molar refractivity (Wildman–Crippen MR) is 120 cm³/mol. The zero-order valence-electron chi connectivity index (χ0n) is 17.9. The summed E-state index contributed by atoms with van der Waals surface area (Å²) in [6.07, 6.45) is 7.04. The first-order chi connectivity index (χ1) is 15.5. The van der Waals surface area contributed by atoms with E-state index in [1.807, 2.05) is 28.8 Å². The number of imidazole rings is 1. The fourth-order valence-corrected chi connectivity index (χ4v) is 4.94. The van der Waals surface area contributed by atoms with Crippen molar-refractivity contribution >= 4 is 40.5 Å². The molecular weight excluding hydrogens is 430 g/mol. The molecule has 0 bridgehead atoms.